The number of aromatic nitrogens is 2. The van der Waals surface area contributed by atoms with Gasteiger partial charge in [-0.25, -0.2) is 0 Å². The first-order valence-electron chi connectivity index (χ1n) is 9.13. The Kier molecular flexibility index (Phi) is 4.23. The van der Waals surface area contributed by atoms with Crippen LogP contribution in [-0.2, 0) is 23.8 Å². The Hall–Kier alpha value is -2.34. The van der Waals surface area contributed by atoms with E-state index < -0.39 is 0 Å². The van der Waals surface area contributed by atoms with E-state index in [1.165, 1.54) is 11.1 Å². The van der Waals surface area contributed by atoms with Gasteiger partial charge in [0.05, 0.1) is 31.1 Å². The first-order chi connectivity index (χ1) is 12.5. The minimum Gasteiger partial charge on any atom is -0.497 e. The van der Waals surface area contributed by atoms with Crippen LogP contribution in [0.1, 0.15) is 40.0 Å². The fourth-order valence-corrected chi connectivity index (χ4v) is 4.15. The lowest BCUT2D eigenvalue weighted by Gasteiger charge is -2.45. The van der Waals surface area contributed by atoms with Gasteiger partial charge in [-0.05, 0) is 49.4 Å². The lowest BCUT2D eigenvalue weighted by Crippen LogP contribution is -2.48. The molecule has 0 unspecified atom stereocenters. The molecule has 26 heavy (non-hydrogen) atoms. The summed E-state index contributed by atoms with van der Waals surface area (Å²) in [5.74, 6) is 0.955. The number of fused-ring (bicyclic) bond motifs is 2. The molecule has 0 saturated carbocycles. The van der Waals surface area contributed by atoms with Gasteiger partial charge < -0.3 is 14.4 Å². The average Bonchev–Trinajstić information content (AvgIpc) is 3.00. The molecular weight excluding hydrogens is 330 g/mol. The van der Waals surface area contributed by atoms with Crippen LogP contribution in [0.3, 0.4) is 0 Å². The number of aryl methyl sites for hydroxylation is 1. The molecule has 0 radical (unpaired) electrons. The number of methoxy groups -OCH3 is 1. The molecule has 4 rings (SSSR count). The van der Waals surface area contributed by atoms with Crippen molar-refractivity contribution in [1.29, 1.82) is 0 Å². The average molecular weight is 355 g/mol. The Labute approximate surface area is 153 Å². The Balaban J connectivity index is 1.54. The third kappa shape index (κ3) is 2.69. The van der Waals surface area contributed by atoms with Crippen molar-refractivity contribution < 1.29 is 14.3 Å². The number of ether oxygens (including phenoxy) is 2. The molecule has 3 heterocycles. The highest BCUT2D eigenvalue weighted by molar-refractivity contribution is 5.95. The molecule has 6 heteroatoms. The van der Waals surface area contributed by atoms with Crippen molar-refractivity contribution in [3.8, 4) is 5.75 Å². The summed E-state index contributed by atoms with van der Waals surface area (Å²) in [6, 6.07) is 6.26. The van der Waals surface area contributed by atoms with Gasteiger partial charge in [-0.2, -0.15) is 5.10 Å². The molecule has 0 N–H and O–H groups in total. The minimum absolute atomic E-state index is 0.0659. The largest absolute Gasteiger partial charge is 0.497 e. The lowest BCUT2D eigenvalue weighted by molar-refractivity contribution is -0.0935. The first kappa shape index (κ1) is 17.1. The van der Waals surface area contributed by atoms with Gasteiger partial charge in [0.1, 0.15) is 5.75 Å². The molecule has 1 aromatic carbocycles. The number of hydrogen-bond acceptors (Lipinski definition) is 4. The molecule has 0 bridgehead atoms. The molecule has 1 fully saturated rings. The van der Waals surface area contributed by atoms with E-state index in [4.69, 9.17) is 9.47 Å². The molecule has 6 nitrogen and oxygen atoms in total. The van der Waals surface area contributed by atoms with Crippen molar-refractivity contribution in [2.24, 2.45) is 7.05 Å². The summed E-state index contributed by atoms with van der Waals surface area (Å²) >= 11 is 0. The van der Waals surface area contributed by atoms with Crippen molar-refractivity contribution in [2.45, 2.75) is 31.8 Å². The van der Waals surface area contributed by atoms with Gasteiger partial charge in [0.25, 0.3) is 5.91 Å². The Morgan fingerprint density at radius 2 is 2.08 bits per heavy atom. The van der Waals surface area contributed by atoms with E-state index in [1.807, 2.05) is 24.9 Å². The van der Waals surface area contributed by atoms with Crippen LogP contribution in [0.4, 0.5) is 0 Å². The quantitative estimate of drug-likeness (QED) is 0.830. The van der Waals surface area contributed by atoms with Crippen molar-refractivity contribution >= 4 is 5.91 Å². The Morgan fingerprint density at radius 3 is 2.73 bits per heavy atom. The smallest absolute Gasteiger partial charge is 0.257 e. The Morgan fingerprint density at radius 1 is 1.31 bits per heavy atom. The maximum absolute atomic E-state index is 12.8. The van der Waals surface area contributed by atoms with Gasteiger partial charge in [0.15, 0.2) is 0 Å². The van der Waals surface area contributed by atoms with Crippen molar-refractivity contribution in [3.05, 3.63) is 46.8 Å². The topological polar surface area (TPSA) is 56.6 Å². The van der Waals surface area contributed by atoms with E-state index in [2.05, 4.69) is 17.2 Å². The third-order valence-electron chi connectivity index (χ3n) is 5.88. The number of benzene rings is 1. The molecular formula is C20H25N3O3. The molecule has 1 aromatic heterocycles. The highest BCUT2D eigenvalue weighted by atomic mass is 16.5. The monoisotopic (exact) mass is 355 g/mol. The second-order valence-electron chi connectivity index (χ2n) is 7.18. The number of carbonyl (C=O) groups excluding carboxylic acids is 1. The molecule has 1 spiro atoms. The molecule has 2 aromatic rings. The zero-order chi connectivity index (χ0) is 18.3. The summed E-state index contributed by atoms with van der Waals surface area (Å²) < 4.78 is 13.4. The van der Waals surface area contributed by atoms with E-state index in [0.29, 0.717) is 18.7 Å². The van der Waals surface area contributed by atoms with Gasteiger partial charge in [0.2, 0.25) is 0 Å². The number of nitrogens with zero attached hydrogens (tertiary/aromatic N) is 3. The van der Waals surface area contributed by atoms with E-state index in [0.717, 1.165) is 37.3 Å². The molecule has 0 atom stereocenters. The predicted octanol–water partition coefficient (Wildman–Crippen LogP) is 2.44. The summed E-state index contributed by atoms with van der Waals surface area (Å²) in [5.41, 5.74) is 3.88. The van der Waals surface area contributed by atoms with Crippen LogP contribution in [0.5, 0.6) is 5.75 Å². The Bertz CT molecular complexity index is 835. The maximum atomic E-state index is 12.8. The molecule has 1 saturated heterocycles. The normalized spacial score (nSPS) is 18.7. The van der Waals surface area contributed by atoms with E-state index in [1.54, 1.807) is 18.0 Å². The van der Waals surface area contributed by atoms with Crippen LogP contribution in [0.25, 0.3) is 0 Å². The summed E-state index contributed by atoms with van der Waals surface area (Å²) in [7, 11) is 3.56. The number of rotatable bonds is 2. The summed E-state index contributed by atoms with van der Waals surface area (Å²) in [4.78, 5) is 14.8. The summed E-state index contributed by atoms with van der Waals surface area (Å²) in [6.07, 6.45) is 4.21. The van der Waals surface area contributed by atoms with Crippen LogP contribution < -0.4 is 4.74 Å². The number of hydrogen-bond donors (Lipinski definition) is 0. The highest BCUT2D eigenvalue weighted by Gasteiger charge is 2.42. The van der Waals surface area contributed by atoms with Crippen LogP contribution >= 0.6 is 0 Å². The maximum Gasteiger partial charge on any atom is 0.257 e. The molecule has 138 valence electrons. The third-order valence-corrected chi connectivity index (χ3v) is 5.88. The van der Waals surface area contributed by atoms with Crippen LogP contribution in [-0.4, -0.2) is 47.4 Å². The summed E-state index contributed by atoms with van der Waals surface area (Å²) in [5, 5.41) is 4.19. The second-order valence-corrected chi connectivity index (χ2v) is 7.18. The molecule has 1 amide bonds. The van der Waals surface area contributed by atoms with Crippen molar-refractivity contribution in [3.63, 3.8) is 0 Å². The SMILES string of the molecule is COc1ccc2c(c1)CCOC21CCN(C(=O)c2cnn(C)c2C)CC1. The zero-order valence-electron chi connectivity index (χ0n) is 15.6. The molecule has 0 aliphatic carbocycles. The van der Waals surface area contributed by atoms with Crippen LogP contribution in [0.2, 0.25) is 0 Å². The zero-order valence-corrected chi connectivity index (χ0v) is 15.6. The van der Waals surface area contributed by atoms with Crippen LogP contribution in [0, 0.1) is 6.92 Å². The van der Waals surface area contributed by atoms with Gasteiger partial charge >= 0.3 is 0 Å². The van der Waals surface area contributed by atoms with E-state index in [9.17, 15) is 4.79 Å². The number of carbonyl (C=O) groups is 1. The lowest BCUT2D eigenvalue weighted by atomic mass is 9.79. The first-order valence-corrected chi connectivity index (χ1v) is 9.13. The number of piperidine rings is 1. The van der Waals surface area contributed by atoms with Crippen molar-refractivity contribution in [1.82, 2.24) is 14.7 Å². The fourth-order valence-electron chi connectivity index (χ4n) is 4.15. The van der Waals surface area contributed by atoms with E-state index in [-0.39, 0.29) is 11.5 Å². The standard InChI is InChI=1S/C20H25N3O3/c1-14-17(13-21-22(14)2)19(24)23-9-7-20(8-10-23)18-5-4-16(25-3)12-15(18)6-11-26-20/h4-5,12-13H,6-11H2,1-3H3. The van der Waals surface area contributed by atoms with Crippen molar-refractivity contribution in [2.75, 3.05) is 26.8 Å². The van der Waals surface area contributed by atoms with Gasteiger partial charge in [-0.15, -0.1) is 0 Å². The van der Waals surface area contributed by atoms with Crippen LogP contribution in [0.15, 0.2) is 24.4 Å². The summed E-state index contributed by atoms with van der Waals surface area (Å²) in [6.45, 7) is 4.03. The van der Waals surface area contributed by atoms with Gasteiger partial charge in [0, 0.05) is 25.8 Å². The highest BCUT2D eigenvalue weighted by Crippen LogP contribution is 2.42. The van der Waals surface area contributed by atoms with Gasteiger partial charge in [-0.3, -0.25) is 9.48 Å². The molecule has 2 aliphatic rings. The molecule has 2 aliphatic heterocycles. The fraction of sp³-hybridized carbons (Fsp3) is 0.500. The number of amides is 1. The second kappa shape index (κ2) is 6.43. The van der Waals surface area contributed by atoms with E-state index >= 15 is 0 Å². The minimum atomic E-state index is -0.277. The predicted molar refractivity (Wildman–Crippen MR) is 97.4 cm³/mol. The number of likely N-dealkylation sites (tertiary alicyclic amines) is 1. The van der Waals surface area contributed by atoms with Gasteiger partial charge in [-0.1, -0.05) is 6.07 Å².